The highest BCUT2D eigenvalue weighted by atomic mass is 15.3. The zero-order valence-corrected chi connectivity index (χ0v) is 16.5. The van der Waals surface area contributed by atoms with Gasteiger partial charge < -0.3 is 16.4 Å². The minimum absolute atomic E-state index is 0.163. The van der Waals surface area contributed by atoms with E-state index in [4.69, 9.17) is 21.9 Å². The fourth-order valence-electron chi connectivity index (χ4n) is 3.60. The lowest BCUT2D eigenvalue weighted by molar-refractivity contribution is 0.503. The van der Waals surface area contributed by atoms with Crippen LogP contribution in [0.1, 0.15) is 31.0 Å². The number of piperidine rings is 1. The standard InChI is InChI=1S/C21H26N8/c1-2-29-12-14(10-26-29)19-9-16(17(23)11-25-19)21(24)18-6-3-7-20(27-18)28-8-4-5-15(22)13-28/h3,6-7,9-12,15,24H,2,4-5,8,13,22-23H2,1H3/t15-/m0/s1. The lowest BCUT2D eigenvalue weighted by atomic mass is 10.0. The van der Waals surface area contributed by atoms with Crippen molar-refractivity contribution < 1.29 is 0 Å². The summed E-state index contributed by atoms with van der Waals surface area (Å²) in [5.74, 6) is 0.847. The van der Waals surface area contributed by atoms with E-state index >= 15 is 0 Å². The fraction of sp³-hybridized carbons (Fsp3) is 0.333. The number of hydrogen-bond donors (Lipinski definition) is 3. The van der Waals surface area contributed by atoms with E-state index in [0.29, 0.717) is 16.9 Å². The Kier molecular flexibility index (Phi) is 5.26. The molecule has 4 rings (SSSR count). The van der Waals surface area contributed by atoms with Crippen molar-refractivity contribution in [3.05, 3.63) is 54.1 Å². The number of nitrogens with zero attached hydrogens (tertiary/aromatic N) is 5. The van der Waals surface area contributed by atoms with Crippen molar-refractivity contribution in [2.24, 2.45) is 5.73 Å². The average Bonchev–Trinajstić information content (AvgIpc) is 3.23. The quantitative estimate of drug-likeness (QED) is 0.575. The van der Waals surface area contributed by atoms with Gasteiger partial charge in [-0.05, 0) is 38.0 Å². The largest absolute Gasteiger partial charge is 0.397 e. The Labute approximate surface area is 170 Å². The van der Waals surface area contributed by atoms with Crippen LogP contribution in [0.4, 0.5) is 11.5 Å². The van der Waals surface area contributed by atoms with Crippen LogP contribution in [0.2, 0.25) is 0 Å². The van der Waals surface area contributed by atoms with E-state index in [9.17, 15) is 0 Å². The van der Waals surface area contributed by atoms with Gasteiger partial charge in [0.2, 0.25) is 0 Å². The van der Waals surface area contributed by atoms with Crippen LogP contribution >= 0.6 is 0 Å². The summed E-state index contributed by atoms with van der Waals surface area (Å²) >= 11 is 0. The zero-order valence-electron chi connectivity index (χ0n) is 16.5. The molecule has 0 amide bonds. The Balaban J connectivity index is 1.64. The lowest BCUT2D eigenvalue weighted by Crippen LogP contribution is -2.43. The van der Waals surface area contributed by atoms with Crippen molar-refractivity contribution in [3.8, 4) is 11.3 Å². The molecular formula is C21H26N8. The molecule has 0 saturated carbocycles. The summed E-state index contributed by atoms with van der Waals surface area (Å²) in [6.45, 7) is 4.53. The fourth-order valence-corrected chi connectivity index (χ4v) is 3.60. The van der Waals surface area contributed by atoms with E-state index in [2.05, 4.69) is 15.0 Å². The molecule has 8 nitrogen and oxygen atoms in total. The van der Waals surface area contributed by atoms with Gasteiger partial charge in [0.05, 0.1) is 35.2 Å². The molecule has 29 heavy (non-hydrogen) atoms. The number of nitrogens with two attached hydrogens (primary N) is 2. The molecule has 5 N–H and O–H groups in total. The van der Waals surface area contributed by atoms with Gasteiger partial charge in [-0.25, -0.2) is 4.98 Å². The Morgan fingerprint density at radius 3 is 2.93 bits per heavy atom. The lowest BCUT2D eigenvalue weighted by Gasteiger charge is -2.31. The maximum absolute atomic E-state index is 8.73. The van der Waals surface area contributed by atoms with Crippen LogP contribution in [0, 0.1) is 5.41 Å². The topological polar surface area (TPSA) is 123 Å². The summed E-state index contributed by atoms with van der Waals surface area (Å²) in [5.41, 5.74) is 15.8. The van der Waals surface area contributed by atoms with Crippen LogP contribution in [-0.2, 0) is 6.54 Å². The monoisotopic (exact) mass is 390 g/mol. The maximum Gasteiger partial charge on any atom is 0.129 e. The maximum atomic E-state index is 8.73. The van der Waals surface area contributed by atoms with Crippen LogP contribution in [0.15, 0.2) is 42.9 Å². The van der Waals surface area contributed by atoms with Gasteiger partial charge in [-0.1, -0.05) is 6.07 Å². The molecule has 0 bridgehead atoms. The van der Waals surface area contributed by atoms with Gasteiger partial charge in [0.15, 0.2) is 0 Å². The Hall–Kier alpha value is -3.26. The minimum Gasteiger partial charge on any atom is -0.397 e. The second kappa shape index (κ2) is 8.00. The number of rotatable bonds is 5. The molecule has 1 saturated heterocycles. The molecule has 3 aromatic rings. The van der Waals surface area contributed by atoms with Crippen LogP contribution in [0.3, 0.4) is 0 Å². The summed E-state index contributed by atoms with van der Waals surface area (Å²) in [4.78, 5) is 11.3. The number of aryl methyl sites for hydroxylation is 1. The van der Waals surface area contributed by atoms with Crippen molar-refractivity contribution in [1.82, 2.24) is 19.7 Å². The van der Waals surface area contributed by atoms with Crippen molar-refractivity contribution in [3.63, 3.8) is 0 Å². The highest BCUT2D eigenvalue weighted by Crippen LogP contribution is 2.24. The number of aromatic nitrogens is 4. The molecule has 0 radical (unpaired) electrons. The van der Waals surface area contributed by atoms with Crippen molar-refractivity contribution in [1.29, 1.82) is 5.41 Å². The zero-order chi connectivity index (χ0) is 20.4. The third kappa shape index (κ3) is 3.97. The van der Waals surface area contributed by atoms with Crippen molar-refractivity contribution in [2.75, 3.05) is 23.7 Å². The SMILES string of the molecule is CCn1cc(-c2cc(C(=N)c3cccc(N4CCC[C@H](N)C4)n3)c(N)cn2)cn1. The number of nitrogen functional groups attached to an aromatic ring is 1. The first kappa shape index (κ1) is 19.1. The second-order valence-corrected chi connectivity index (χ2v) is 7.35. The van der Waals surface area contributed by atoms with Crippen LogP contribution in [0.5, 0.6) is 0 Å². The van der Waals surface area contributed by atoms with Gasteiger partial charge in [-0.2, -0.15) is 5.10 Å². The van der Waals surface area contributed by atoms with E-state index in [1.54, 1.807) is 12.4 Å². The predicted molar refractivity (Wildman–Crippen MR) is 115 cm³/mol. The highest BCUT2D eigenvalue weighted by molar-refractivity contribution is 6.13. The number of hydrogen-bond acceptors (Lipinski definition) is 7. The smallest absolute Gasteiger partial charge is 0.129 e. The summed E-state index contributed by atoms with van der Waals surface area (Å²) in [5, 5.41) is 13.0. The van der Waals surface area contributed by atoms with Gasteiger partial charge in [0.25, 0.3) is 0 Å². The van der Waals surface area contributed by atoms with E-state index in [1.165, 1.54) is 0 Å². The first-order valence-electron chi connectivity index (χ1n) is 9.90. The molecule has 1 aliphatic heterocycles. The van der Waals surface area contributed by atoms with Crippen LogP contribution < -0.4 is 16.4 Å². The summed E-state index contributed by atoms with van der Waals surface area (Å²) in [6.07, 6.45) is 7.39. The third-order valence-electron chi connectivity index (χ3n) is 5.23. The predicted octanol–water partition coefficient (Wildman–Crippen LogP) is 2.29. The van der Waals surface area contributed by atoms with E-state index < -0.39 is 0 Å². The Bertz CT molecular complexity index is 1030. The van der Waals surface area contributed by atoms with Gasteiger partial charge in [0, 0.05) is 43.0 Å². The Morgan fingerprint density at radius 2 is 2.17 bits per heavy atom. The molecule has 150 valence electrons. The highest BCUT2D eigenvalue weighted by Gasteiger charge is 2.19. The molecule has 8 heteroatoms. The van der Waals surface area contributed by atoms with Gasteiger partial charge in [-0.3, -0.25) is 15.1 Å². The van der Waals surface area contributed by atoms with Crippen LogP contribution in [0.25, 0.3) is 11.3 Å². The molecule has 0 aromatic carbocycles. The molecule has 0 unspecified atom stereocenters. The first-order chi connectivity index (χ1) is 14.0. The second-order valence-electron chi connectivity index (χ2n) is 7.35. The number of pyridine rings is 2. The van der Waals surface area contributed by atoms with Crippen molar-refractivity contribution in [2.45, 2.75) is 32.4 Å². The van der Waals surface area contributed by atoms with E-state index in [0.717, 1.165) is 49.6 Å². The van der Waals surface area contributed by atoms with Gasteiger partial charge >= 0.3 is 0 Å². The van der Waals surface area contributed by atoms with Crippen LogP contribution in [-0.4, -0.2) is 44.6 Å². The normalized spacial score (nSPS) is 16.8. The molecule has 1 atom stereocenters. The molecule has 4 heterocycles. The third-order valence-corrected chi connectivity index (χ3v) is 5.23. The van der Waals surface area contributed by atoms with E-state index in [1.807, 2.05) is 42.1 Å². The van der Waals surface area contributed by atoms with Gasteiger partial charge in [0.1, 0.15) is 5.82 Å². The molecule has 1 aliphatic rings. The number of nitrogens with one attached hydrogen (secondary N) is 1. The summed E-state index contributed by atoms with van der Waals surface area (Å²) < 4.78 is 1.84. The van der Waals surface area contributed by atoms with E-state index in [-0.39, 0.29) is 11.8 Å². The molecule has 1 fully saturated rings. The van der Waals surface area contributed by atoms with Gasteiger partial charge in [-0.15, -0.1) is 0 Å². The Morgan fingerprint density at radius 1 is 1.31 bits per heavy atom. The first-order valence-corrected chi connectivity index (χ1v) is 9.90. The molecule has 3 aromatic heterocycles. The molecule has 0 aliphatic carbocycles. The summed E-state index contributed by atoms with van der Waals surface area (Å²) in [6, 6.07) is 7.73. The molecular weight excluding hydrogens is 364 g/mol. The summed E-state index contributed by atoms with van der Waals surface area (Å²) in [7, 11) is 0. The molecule has 0 spiro atoms. The van der Waals surface area contributed by atoms with Crippen molar-refractivity contribution >= 4 is 17.2 Å². The number of anilines is 2. The average molecular weight is 390 g/mol. The minimum atomic E-state index is 0.163.